The number of fused-ring (bicyclic) bond motifs is 1. The first-order chi connectivity index (χ1) is 9.31. The first kappa shape index (κ1) is 15.8. The molecule has 1 aliphatic heterocycles. The van der Waals surface area contributed by atoms with Gasteiger partial charge in [0.15, 0.2) is 0 Å². The standard InChI is InChI=1S/C17H25BrO2/c1-11(2)8-17(9-12(3)4)10-15(19)14-6-5-13(18)7-16(14)20-17/h5-7,11-12,15,19H,8-10H2,1-4H3/t15-/m1/s1. The number of rotatable bonds is 4. The molecule has 3 heteroatoms. The minimum atomic E-state index is -0.427. The highest BCUT2D eigenvalue weighted by atomic mass is 79.9. The third-order valence-corrected chi connectivity index (χ3v) is 4.28. The number of ether oxygens (including phenoxy) is 1. The Morgan fingerprint density at radius 1 is 1.25 bits per heavy atom. The lowest BCUT2D eigenvalue weighted by Gasteiger charge is -2.43. The van der Waals surface area contributed by atoms with Crippen LogP contribution >= 0.6 is 15.9 Å². The van der Waals surface area contributed by atoms with E-state index in [1.807, 2.05) is 18.2 Å². The Morgan fingerprint density at radius 2 is 1.85 bits per heavy atom. The van der Waals surface area contributed by atoms with Gasteiger partial charge in [-0.1, -0.05) is 49.7 Å². The second-order valence-corrected chi connectivity index (χ2v) is 7.80. The van der Waals surface area contributed by atoms with Gasteiger partial charge in [-0.3, -0.25) is 0 Å². The van der Waals surface area contributed by atoms with Gasteiger partial charge in [-0.25, -0.2) is 0 Å². The van der Waals surface area contributed by atoms with E-state index >= 15 is 0 Å². The van der Waals surface area contributed by atoms with Crippen LogP contribution in [-0.4, -0.2) is 10.7 Å². The predicted octanol–water partition coefficient (Wildman–Crippen LogP) is 5.10. The Morgan fingerprint density at radius 3 is 2.40 bits per heavy atom. The van der Waals surface area contributed by atoms with Crippen LogP contribution in [0.5, 0.6) is 5.75 Å². The van der Waals surface area contributed by atoms with Crippen molar-refractivity contribution in [2.45, 2.75) is 58.7 Å². The SMILES string of the molecule is CC(C)CC1(CC(C)C)C[C@@H](O)c2ccc(Br)cc2O1. The maximum absolute atomic E-state index is 10.5. The summed E-state index contributed by atoms with van der Waals surface area (Å²) >= 11 is 3.49. The molecule has 20 heavy (non-hydrogen) atoms. The largest absolute Gasteiger partial charge is 0.487 e. The number of aliphatic hydroxyl groups excluding tert-OH is 1. The molecule has 1 atom stereocenters. The summed E-state index contributed by atoms with van der Waals surface area (Å²) in [7, 11) is 0. The van der Waals surface area contributed by atoms with Gasteiger partial charge in [-0.15, -0.1) is 0 Å². The molecule has 2 rings (SSSR count). The predicted molar refractivity (Wildman–Crippen MR) is 86.0 cm³/mol. The molecule has 112 valence electrons. The molecule has 1 heterocycles. The highest BCUT2D eigenvalue weighted by Crippen LogP contribution is 2.45. The zero-order chi connectivity index (χ0) is 14.9. The Hall–Kier alpha value is -0.540. The molecule has 0 bridgehead atoms. The Labute approximate surface area is 130 Å². The molecule has 1 N–H and O–H groups in total. The van der Waals surface area contributed by atoms with E-state index in [-0.39, 0.29) is 5.60 Å². The molecule has 0 spiro atoms. The molecule has 0 fully saturated rings. The Kier molecular flexibility index (Phi) is 4.80. The van der Waals surface area contributed by atoms with Crippen molar-refractivity contribution in [3.63, 3.8) is 0 Å². The van der Waals surface area contributed by atoms with Crippen molar-refractivity contribution in [2.24, 2.45) is 11.8 Å². The number of hydrogen-bond acceptors (Lipinski definition) is 2. The topological polar surface area (TPSA) is 29.5 Å². The fourth-order valence-electron chi connectivity index (χ4n) is 3.43. The molecule has 0 unspecified atom stereocenters. The zero-order valence-corrected chi connectivity index (χ0v) is 14.4. The molecule has 0 saturated carbocycles. The maximum Gasteiger partial charge on any atom is 0.127 e. The van der Waals surface area contributed by atoms with Gasteiger partial charge < -0.3 is 9.84 Å². The van der Waals surface area contributed by atoms with Crippen LogP contribution in [-0.2, 0) is 0 Å². The monoisotopic (exact) mass is 340 g/mol. The van der Waals surface area contributed by atoms with Crippen LogP contribution < -0.4 is 4.74 Å². The minimum absolute atomic E-state index is 0.241. The average molecular weight is 341 g/mol. The van der Waals surface area contributed by atoms with Crippen LogP contribution in [0.3, 0.4) is 0 Å². The Balaban J connectivity index is 2.36. The second-order valence-electron chi connectivity index (χ2n) is 6.88. The fourth-order valence-corrected chi connectivity index (χ4v) is 3.77. The number of aliphatic hydroxyl groups is 1. The average Bonchev–Trinajstić information content (AvgIpc) is 2.25. The van der Waals surface area contributed by atoms with Gasteiger partial charge in [0.25, 0.3) is 0 Å². The lowest BCUT2D eigenvalue weighted by atomic mass is 9.78. The van der Waals surface area contributed by atoms with Gasteiger partial charge in [0.05, 0.1) is 6.10 Å². The molecular weight excluding hydrogens is 316 g/mol. The van der Waals surface area contributed by atoms with Gasteiger partial charge in [0.2, 0.25) is 0 Å². The molecule has 1 aliphatic rings. The van der Waals surface area contributed by atoms with E-state index in [0.717, 1.165) is 28.6 Å². The number of halogens is 1. The van der Waals surface area contributed by atoms with E-state index in [2.05, 4.69) is 43.6 Å². The van der Waals surface area contributed by atoms with Gasteiger partial charge in [0, 0.05) is 16.5 Å². The van der Waals surface area contributed by atoms with Crippen LogP contribution in [0.4, 0.5) is 0 Å². The van der Waals surface area contributed by atoms with E-state index in [1.165, 1.54) is 0 Å². The van der Waals surface area contributed by atoms with Crippen molar-refractivity contribution in [3.8, 4) is 5.75 Å². The molecule has 0 aromatic heterocycles. The molecule has 0 saturated heterocycles. The summed E-state index contributed by atoms with van der Waals surface area (Å²) in [6, 6.07) is 5.90. The third kappa shape index (κ3) is 3.56. The smallest absolute Gasteiger partial charge is 0.127 e. The van der Waals surface area contributed by atoms with E-state index in [0.29, 0.717) is 18.3 Å². The first-order valence-corrected chi connectivity index (χ1v) is 8.27. The molecule has 1 aromatic rings. The van der Waals surface area contributed by atoms with E-state index in [9.17, 15) is 5.11 Å². The van der Waals surface area contributed by atoms with E-state index < -0.39 is 6.10 Å². The van der Waals surface area contributed by atoms with Crippen LogP contribution in [0, 0.1) is 11.8 Å². The van der Waals surface area contributed by atoms with E-state index in [4.69, 9.17) is 4.74 Å². The summed E-state index contributed by atoms with van der Waals surface area (Å²) in [5.41, 5.74) is 0.673. The van der Waals surface area contributed by atoms with Gasteiger partial charge in [-0.2, -0.15) is 0 Å². The van der Waals surface area contributed by atoms with Crippen molar-refractivity contribution in [1.29, 1.82) is 0 Å². The lowest BCUT2D eigenvalue weighted by molar-refractivity contribution is -0.0407. The van der Waals surface area contributed by atoms with E-state index in [1.54, 1.807) is 0 Å². The molecule has 1 aromatic carbocycles. The molecule has 0 amide bonds. The normalized spacial score (nSPS) is 20.9. The quantitative estimate of drug-likeness (QED) is 0.826. The molecule has 2 nitrogen and oxygen atoms in total. The number of hydrogen-bond donors (Lipinski definition) is 1. The lowest BCUT2D eigenvalue weighted by Crippen LogP contribution is -2.43. The summed E-state index contributed by atoms with van der Waals surface area (Å²) in [4.78, 5) is 0. The van der Waals surface area contributed by atoms with Crippen LogP contribution in [0.25, 0.3) is 0 Å². The third-order valence-electron chi connectivity index (χ3n) is 3.79. The summed E-state index contributed by atoms with van der Waals surface area (Å²) in [5.74, 6) is 1.93. The van der Waals surface area contributed by atoms with Crippen LogP contribution in [0.1, 0.15) is 58.6 Å². The van der Waals surface area contributed by atoms with Crippen molar-refractivity contribution >= 4 is 15.9 Å². The van der Waals surface area contributed by atoms with Gasteiger partial charge in [0.1, 0.15) is 11.4 Å². The van der Waals surface area contributed by atoms with Gasteiger partial charge >= 0.3 is 0 Å². The van der Waals surface area contributed by atoms with Crippen molar-refractivity contribution < 1.29 is 9.84 Å². The zero-order valence-electron chi connectivity index (χ0n) is 12.8. The minimum Gasteiger partial charge on any atom is -0.487 e. The van der Waals surface area contributed by atoms with Crippen LogP contribution in [0.2, 0.25) is 0 Å². The second kappa shape index (κ2) is 6.07. The summed E-state index contributed by atoms with van der Waals surface area (Å²) < 4.78 is 7.40. The van der Waals surface area contributed by atoms with Crippen LogP contribution in [0.15, 0.2) is 22.7 Å². The molecular formula is C17H25BrO2. The summed E-state index contributed by atoms with van der Waals surface area (Å²) in [6.07, 6.45) is 2.23. The molecule has 0 aliphatic carbocycles. The highest BCUT2D eigenvalue weighted by molar-refractivity contribution is 9.10. The van der Waals surface area contributed by atoms with Crippen molar-refractivity contribution in [3.05, 3.63) is 28.2 Å². The number of benzene rings is 1. The maximum atomic E-state index is 10.5. The fraction of sp³-hybridized carbons (Fsp3) is 0.647. The van der Waals surface area contributed by atoms with Crippen molar-refractivity contribution in [1.82, 2.24) is 0 Å². The highest BCUT2D eigenvalue weighted by Gasteiger charge is 2.41. The summed E-state index contributed by atoms with van der Waals surface area (Å²) in [5, 5.41) is 10.5. The van der Waals surface area contributed by atoms with Gasteiger partial charge in [-0.05, 0) is 36.8 Å². The summed E-state index contributed by atoms with van der Waals surface area (Å²) in [6.45, 7) is 8.87. The van der Waals surface area contributed by atoms with Crippen molar-refractivity contribution in [2.75, 3.05) is 0 Å². The first-order valence-electron chi connectivity index (χ1n) is 7.48. The Bertz CT molecular complexity index is 458. The molecule has 0 radical (unpaired) electrons.